The summed E-state index contributed by atoms with van der Waals surface area (Å²) in [5.74, 6) is -1.09. The van der Waals surface area contributed by atoms with Crippen LogP contribution in [0.3, 0.4) is 0 Å². The first-order chi connectivity index (χ1) is 9.80. The molecule has 0 bridgehead atoms. The van der Waals surface area contributed by atoms with E-state index in [1.54, 1.807) is 6.92 Å². The van der Waals surface area contributed by atoms with Crippen LogP contribution < -0.4 is 5.73 Å². The third kappa shape index (κ3) is 11.4. The number of carbonyl (C=O) groups is 2. The van der Waals surface area contributed by atoms with E-state index in [2.05, 4.69) is 9.05 Å². The van der Waals surface area contributed by atoms with Crippen molar-refractivity contribution in [2.45, 2.75) is 32.8 Å². The Kier molecular flexibility index (Phi) is 10.2. The van der Waals surface area contributed by atoms with Crippen LogP contribution in [0.25, 0.3) is 0 Å². The molecule has 0 radical (unpaired) electrons. The van der Waals surface area contributed by atoms with Crippen molar-refractivity contribution in [3.05, 3.63) is 0 Å². The van der Waals surface area contributed by atoms with E-state index in [-0.39, 0.29) is 26.2 Å². The van der Waals surface area contributed by atoms with Gasteiger partial charge in [-0.3, -0.25) is 18.6 Å². The molecule has 0 aromatic carbocycles. The van der Waals surface area contributed by atoms with Crippen LogP contribution >= 0.6 is 7.82 Å². The third-order valence-corrected chi connectivity index (χ3v) is 3.00. The monoisotopic (exact) mass is 327 g/mol. The molecule has 0 aromatic rings. The van der Waals surface area contributed by atoms with Gasteiger partial charge in [0, 0.05) is 19.9 Å². The molecule has 21 heavy (non-hydrogen) atoms. The largest absolute Gasteiger partial charge is 0.472 e. The van der Waals surface area contributed by atoms with Gasteiger partial charge in [0.05, 0.1) is 13.2 Å². The zero-order chi connectivity index (χ0) is 16.3. The summed E-state index contributed by atoms with van der Waals surface area (Å²) < 4.78 is 30.3. The van der Waals surface area contributed by atoms with Crippen molar-refractivity contribution in [2.24, 2.45) is 5.73 Å². The molecule has 0 amide bonds. The second-order valence-electron chi connectivity index (χ2n) is 4.05. The van der Waals surface area contributed by atoms with E-state index in [1.807, 2.05) is 0 Å². The summed E-state index contributed by atoms with van der Waals surface area (Å²) in [6.07, 6.45) is -0.232. The van der Waals surface area contributed by atoms with Crippen molar-refractivity contribution in [1.29, 1.82) is 0 Å². The Morgan fingerprint density at radius 1 is 1.29 bits per heavy atom. The van der Waals surface area contributed by atoms with Gasteiger partial charge in [0.15, 0.2) is 6.10 Å². The summed E-state index contributed by atoms with van der Waals surface area (Å²) in [6, 6.07) is 0. The van der Waals surface area contributed by atoms with Gasteiger partial charge in [-0.25, -0.2) is 4.57 Å². The normalized spacial score (nSPS) is 15.0. The van der Waals surface area contributed by atoms with E-state index in [4.69, 9.17) is 15.2 Å². The maximum Gasteiger partial charge on any atom is 0.472 e. The number of carbonyl (C=O) groups excluding carboxylic acids is 2. The van der Waals surface area contributed by atoms with Crippen molar-refractivity contribution in [3.63, 3.8) is 0 Å². The van der Waals surface area contributed by atoms with Crippen LogP contribution in [0.15, 0.2) is 0 Å². The second-order valence-corrected chi connectivity index (χ2v) is 5.50. The molecule has 1 unspecified atom stereocenters. The molecule has 10 heteroatoms. The van der Waals surface area contributed by atoms with Crippen LogP contribution in [0.1, 0.15) is 26.7 Å². The minimum Gasteiger partial charge on any atom is -0.462 e. The van der Waals surface area contributed by atoms with Crippen molar-refractivity contribution in [3.8, 4) is 0 Å². The Morgan fingerprint density at radius 2 is 1.95 bits per heavy atom. The van der Waals surface area contributed by atoms with Crippen LogP contribution in [0, 0.1) is 0 Å². The molecule has 0 aromatic heterocycles. The van der Waals surface area contributed by atoms with Gasteiger partial charge in [-0.1, -0.05) is 6.92 Å². The Balaban J connectivity index is 4.40. The summed E-state index contributed by atoms with van der Waals surface area (Å²) in [6.45, 7) is 2.16. The average Bonchev–Trinajstić information content (AvgIpc) is 2.40. The fourth-order valence-corrected chi connectivity index (χ4v) is 1.92. The highest BCUT2D eigenvalue weighted by molar-refractivity contribution is 7.47. The summed E-state index contributed by atoms with van der Waals surface area (Å²) >= 11 is 0. The molecule has 0 fully saturated rings. The molecule has 3 N–H and O–H groups in total. The molecule has 2 atom stereocenters. The van der Waals surface area contributed by atoms with E-state index in [0.717, 1.165) is 0 Å². The lowest BCUT2D eigenvalue weighted by Crippen LogP contribution is -2.29. The predicted octanol–water partition coefficient (Wildman–Crippen LogP) is 0.354. The van der Waals surface area contributed by atoms with Gasteiger partial charge in [-0.2, -0.15) is 0 Å². The molecular formula is C11H22NO8P. The highest BCUT2D eigenvalue weighted by atomic mass is 31.2. The second kappa shape index (κ2) is 10.7. The SMILES string of the molecule is CCCC(=O)O[C@H](COC(C)=O)COP(=O)(O)OCCN. The summed E-state index contributed by atoms with van der Waals surface area (Å²) in [5, 5.41) is 0. The number of ether oxygens (including phenoxy) is 2. The quantitative estimate of drug-likeness (QED) is 0.407. The molecule has 0 heterocycles. The van der Waals surface area contributed by atoms with Crippen molar-refractivity contribution in [2.75, 3.05) is 26.4 Å². The van der Waals surface area contributed by atoms with E-state index in [9.17, 15) is 19.0 Å². The van der Waals surface area contributed by atoms with E-state index >= 15 is 0 Å². The van der Waals surface area contributed by atoms with Crippen molar-refractivity contribution in [1.82, 2.24) is 0 Å². The van der Waals surface area contributed by atoms with Crippen molar-refractivity contribution < 1.29 is 37.6 Å². The lowest BCUT2D eigenvalue weighted by atomic mass is 10.3. The van der Waals surface area contributed by atoms with Crippen molar-refractivity contribution >= 4 is 19.8 Å². The molecule has 124 valence electrons. The molecule has 0 aliphatic carbocycles. The van der Waals surface area contributed by atoms with Gasteiger partial charge >= 0.3 is 19.8 Å². The smallest absolute Gasteiger partial charge is 0.462 e. The summed E-state index contributed by atoms with van der Waals surface area (Å²) in [7, 11) is -4.28. The minimum absolute atomic E-state index is 0.0519. The van der Waals surface area contributed by atoms with E-state index in [1.165, 1.54) is 6.92 Å². The van der Waals surface area contributed by atoms with Gasteiger partial charge in [-0.15, -0.1) is 0 Å². The van der Waals surface area contributed by atoms with Crippen LogP contribution in [0.2, 0.25) is 0 Å². The first kappa shape index (κ1) is 20.0. The molecule has 0 aliphatic heterocycles. The zero-order valence-electron chi connectivity index (χ0n) is 12.1. The van der Waals surface area contributed by atoms with E-state index in [0.29, 0.717) is 6.42 Å². The van der Waals surface area contributed by atoms with Crippen LogP contribution in [0.4, 0.5) is 0 Å². The Hall–Kier alpha value is -0.990. The highest BCUT2D eigenvalue weighted by Crippen LogP contribution is 2.42. The number of nitrogens with two attached hydrogens (primary N) is 1. The molecule has 0 spiro atoms. The first-order valence-corrected chi connectivity index (χ1v) is 7.95. The maximum absolute atomic E-state index is 11.4. The summed E-state index contributed by atoms with van der Waals surface area (Å²) in [4.78, 5) is 31.5. The molecular weight excluding hydrogens is 305 g/mol. The van der Waals surface area contributed by atoms with E-state index < -0.39 is 32.5 Å². The van der Waals surface area contributed by atoms with Crippen LogP contribution in [-0.2, 0) is 32.7 Å². The van der Waals surface area contributed by atoms with Gasteiger partial charge in [0.25, 0.3) is 0 Å². The topological polar surface area (TPSA) is 134 Å². The zero-order valence-corrected chi connectivity index (χ0v) is 13.0. The first-order valence-electron chi connectivity index (χ1n) is 6.45. The lowest BCUT2D eigenvalue weighted by Gasteiger charge is -2.19. The van der Waals surface area contributed by atoms with Gasteiger partial charge in [-0.05, 0) is 6.42 Å². The number of rotatable bonds is 11. The van der Waals surface area contributed by atoms with Crippen LogP contribution in [0.5, 0.6) is 0 Å². The minimum atomic E-state index is -4.28. The molecule has 9 nitrogen and oxygen atoms in total. The van der Waals surface area contributed by atoms with Gasteiger partial charge in [0.2, 0.25) is 0 Å². The van der Waals surface area contributed by atoms with Gasteiger partial charge in [0.1, 0.15) is 6.61 Å². The number of phosphoric ester groups is 1. The van der Waals surface area contributed by atoms with Crippen LogP contribution in [-0.4, -0.2) is 49.3 Å². The Labute approximate surface area is 123 Å². The highest BCUT2D eigenvalue weighted by Gasteiger charge is 2.25. The Morgan fingerprint density at radius 3 is 2.48 bits per heavy atom. The number of hydrogen-bond donors (Lipinski definition) is 2. The average molecular weight is 327 g/mol. The Bertz CT molecular complexity index is 375. The lowest BCUT2D eigenvalue weighted by molar-refractivity contribution is -0.160. The number of hydrogen-bond acceptors (Lipinski definition) is 8. The molecule has 0 saturated carbocycles. The van der Waals surface area contributed by atoms with Gasteiger partial charge < -0.3 is 20.1 Å². The fourth-order valence-electron chi connectivity index (χ4n) is 1.16. The molecule has 0 saturated heterocycles. The maximum atomic E-state index is 11.4. The number of phosphoric acid groups is 1. The molecule has 0 aliphatic rings. The predicted molar refractivity (Wildman–Crippen MR) is 72.2 cm³/mol. The third-order valence-electron chi connectivity index (χ3n) is 2.02. The fraction of sp³-hybridized carbons (Fsp3) is 0.818. The standard InChI is InChI=1S/C11H22NO8P/c1-3-4-11(14)20-10(7-17-9(2)13)8-19-21(15,16)18-6-5-12/h10H,3-8,12H2,1-2H3,(H,15,16)/t10-/m1/s1. The number of esters is 2. The molecule has 0 rings (SSSR count). The summed E-state index contributed by atoms with van der Waals surface area (Å²) in [5.41, 5.74) is 5.13.